The van der Waals surface area contributed by atoms with Crippen molar-refractivity contribution in [3.05, 3.63) is 40.8 Å². The van der Waals surface area contributed by atoms with Crippen molar-refractivity contribution < 1.29 is 4.79 Å². The summed E-state index contributed by atoms with van der Waals surface area (Å²) < 4.78 is 3.83. The van der Waals surface area contributed by atoms with Crippen molar-refractivity contribution in [3.8, 4) is 0 Å². The number of halogens is 1. The van der Waals surface area contributed by atoms with Crippen molar-refractivity contribution in [2.45, 2.75) is 46.2 Å². The third-order valence-corrected chi connectivity index (χ3v) is 5.69. The SMILES string of the molecule is CCCn1cc(CNC(=O)[C@@H]2CCCN(c3nnc4c(Cl)cccn34)C2)c(C)n1. The van der Waals surface area contributed by atoms with Gasteiger partial charge in [-0.15, -0.1) is 10.2 Å². The van der Waals surface area contributed by atoms with Gasteiger partial charge in [-0.25, -0.2) is 0 Å². The summed E-state index contributed by atoms with van der Waals surface area (Å²) in [5.74, 6) is 0.724. The highest BCUT2D eigenvalue weighted by Gasteiger charge is 2.28. The lowest BCUT2D eigenvalue weighted by atomic mass is 9.97. The number of rotatable bonds is 6. The number of aryl methyl sites for hydroxylation is 2. The lowest BCUT2D eigenvalue weighted by Crippen LogP contribution is -2.43. The van der Waals surface area contributed by atoms with Crippen molar-refractivity contribution in [3.63, 3.8) is 0 Å². The summed E-state index contributed by atoms with van der Waals surface area (Å²) in [6.45, 7) is 6.97. The molecule has 3 aromatic heterocycles. The second-order valence-corrected chi connectivity index (χ2v) is 7.96. The number of carbonyl (C=O) groups is 1. The maximum absolute atomic E-state index is 12.8. The van der Waals surface area contributed by atoms with Gasteiger partial charge in [0, 0.05) is 44.1 Å². The van der Waals surface area contributed by atoms with E-state index in [1.165, 1.54) is 0 Å². The number of nitrogens with one attached hydrogen (secondary N) is 1. The van der Waals surface area contributed by atoms with Crippen LogP contribution in [0.1, 0.15) is 37.4 Å². The molecule has 0 unspecified atom stereocenters. The maximum atomic E-state index is 12.8. The van der Waals surface area contributed by atoms with Gasteiger partial charge >= 0.3 is 0 Å². The lowest BCUT2D eigenvalue weighted by Gasteiger charge is -2.32. The monoisotopic (exact) mass is 415 g/mol. The molecular weight excluding hydrogens is 390 g/mol. The molecule has 0 radical (unpaired) electrons. The van der Waals surface area contributed by atoms with E-state index >= 15 is 0 Å². The van der Waals surface area contributed by atoms with Crippen molar-refractivity contribution in [1.29, 1.82) is 0 Å². The predicted octanol–water partition coefficient (Wildman–Crippen LogP) is 2.83. The number of fused-ring (bicyclic) bond motifs is 1. The second-order valence-electron chi connectivity index (χ2n) is 7.56. The molecule has 154 valence electrons. The highest BCUT2D eigenvalue weighted by molar-refractivity contribution is 6.33. The minimum atomic E-state index is -0.0822. The number of pyridine rings is 1. The van der Waals surface area contributed by atoms with Crippen LogP contribution in [0.4, 0.5) is 5.95 Å². The molecule has 1 saturated heterocycles. The Morgan fingerprint density at radius 3 is 3.07 bits per heavy atom. The fourth-order valence-electron chi connectivity index (χ4n) is 3.86. The summed E-state index contributed by atoms with van der Waals surface area (Å²) in [5.41, 5.74) is 2.67. The molecule has 29 heavy (non-hydrogen) atoms. The Labute approximate surface area is 174 Å². The van der Waals surface area contributed by atoms with E-state index in [2.05, 4.69) is 32.4 Å². The van der Waals surface area contributed by atoms with Crippen LogP contribution in [0.15, 0.2) is 24.5 Å². The number of piperidine rings is 1. The Balaban J connectivity index is 1.41. The largest absolute Gasteiger partial charge is 0.352 e. The van der Waals surface area contributed by atoms with Crippen LogP contribution in [0.5, 0.6) is 0 Å². The van der Waals surface area contributed by atoms with Crippen LogP contribution in [0.3, 0.4) is 0 Å². The molecule has 1 amide bonds. The summed E-state index contributed by atoms with van der Waals surface area (Å²) in [4.78, 5) is 14.9. The second kappa shape index (κ2) is 8.41. The topological polar surface area (TPSA) is 80.4 Å². The molecule has 1 aliphatic heterocycles. The van der Waals surface area contributed by atoms with Gasteiger partial charge in [0.2, 0.25) is 11.9 Å². The van der Waals surface area contributed by atoms with E-state index in [1.807, 2.05) is 34.5 Å². The fraction of sp³-hybridized carbons (Fsp3) is 0.500. The van der Waals surface area contributed by atoms with Crippen LogP contribution in [0, 0.1) is 12.8 Å². The molecule has 4 rings (SSSR count). The molecule has 0 bridgehead atoms. The Hall–Kier alpha value is -2.61. The van der Waals surface area contributed by atoms with Crippen LogP contribution in [-0.4, -0.2) is 43.4 Å². The quantitative estimate of drug-likeness (QED) is 0.669. The molecule has 0 spiro atoms. The fourth-order valence-corrected chi connectivity index (χ4v) is 4.06. The number of carbonyl (C=O) groups excluding carboxylic acids is 1. The third kappa shape index (κ3) is 4.07. The standard InChI is InChI=1S/C20H26ClN7O/c1-3-8-27-13-16(14(2)25-27)11-22-19(29)15-6-4-9-26(12-15)20-24-23-18-17(21)7-5-10-28(18)20/h5,7,10,13,15H,3-4,6,8-9,11-12H2,1-2H3,(H,22,29)/t15-/m1/s1. The zero-order valence-corrected chi connectivity index (χ0v) is 17.6. The third-order valence-electron chi connectivity index (χ3n) is 5.40. The first-order valence-corrected chi connectivity index (χ1v) is 10.5. The molecule has 4 heterocycles. The highest BCUT2D eigenvalue weighted by atomic mass is 35.5. The normalized spacial score (nSPS) is 17.1. The van der Waals surface area contributed by atoms with Gasteiger partial charge in [-0.05, 0) is 38.3 Å². The molecule has 1 atom stereocenters. The average Bonchev–Trinajstić information content (AvgIpc) is 3.31. The van der Waals surface area contributed by atoms with Gasteiger partial charge in [0.15, 0.2) is 5.65 Å². The van der Waals surface area contributed by atoms with Gasteiger partial charge < -0.3 is 10.2 Å². The first-order chi connectivity index (χ1) is 14.1. The van der Waals surface area contributed by atoms with Crippen LogP contribution < -0.4 is 10.2 Å². The van der Waals surface area contributed by atoms with Gasteiger partial charge in [0.05, 0.1) is 16.6 Å². The summed E-state index contributed by atoms with van der Waals surface area (Å²) in [6, 6.07) is 3.67. The van der Waals surface area contributed by atoms with Crippen LogP contribution in [-0.2, 0) is 17.9 Å². The molecular formula is C20H26ClN7O. The molecule has 8 nitrogen and oxygen atoms in total. The Bertz CT molecular complexity index is 1010. The van der Waals surface area contributed by atoms with Crippen LogP contribution in [0.25, 0.3) is 5.65 Å². The number of aromatic nitrogens is 5. The van der Waals surface area contributed by atoms with Crippen molar-refractivity contribution >= 4 is 29.1 Å². The van der Waals surface area contributed by atoms with E-state index in [0.717, 1.165) is 49.6 Å². The first-order valence-electron chi connectivity index (χ1n) is 10.1. The molecule has 1 aliphatic rings. The van der Waals surface area contributed by atoms with Crippen LogP contribution >= 0.6 is 11.6 Å². The van der Waals surface area contributed by atoms with Crippen molar-refractivity contribution in [2.75, 3.05) is 18.0 Å². The number of anilines is 1. The molecule has 0 saturated carbocycles. The zero-order valence-electron chi connectivity index (χ0n) is 16.8. The van der Waals surface area contributed by atoms with Crippen LogP contribution in [0.2, 0.25) is 5.02 Å². The average molecular weight is 416 g/mol. The molecule has 1 N–H and O–H groups in total. The lowest BCUT2D eigenvalue weighted by molar-refractivity contribution is -0.125. The summed E-state index contributed by atoms with van der Waals surface area (Å²) in [7, 11) is 0. The summed E-state index contributed by atoms with van der Waals surface area (Å²) >= 11 is 6.21. The molecule has 3 aromatic rings. The van der Waals surface area contributed by atoms with E-state index in [0.29, 0.717) is 23.8 Å². The Morgan fingerprint density at radius 1 is 1.38 bits per heavy atom. The smallest absolute Gasteiger partial charge is 0.231 e. The van der Waals surface area contributed by atoms with Gasteiger partial charge in [0.1, 0.15) is 0 Å². The minimum Gasteiger partial charge on any atom is -0.352 e. The van der Waals surface area contributed by atoms with Crippen molar-refractivity contribution in [1.82, 2.24) is 29.7 Å². The predicted molar refractivity (Wildman–Crippen MR) is 112 cm³/mol. The van der Waals surface area contributed by atoms with E-state index in [1.54, 1.807) is 6.07 Å². The van der Waals surface area contributed by atoms with E-state index in [9.17, 15) is 4.79 Å². The van der Waals surface area contributed by atoms with Gasteiger partial charge in [-0.2, -0.15) is 5.10 Å². The number of hydrogen-bond acceptors (Lipinski definition) is 5. The molecule has 9 heteroatoms. The number of amides is 1. The van der Waals surface area contributed by atoms with E-state index in [4.69, 9.17) is 11.6 Å². The van der Waals surface area contributed by atoms with Crippen molar-refractivity contribution in [2.24, 2.45) is 5.92 Å². The zero-order chi connectivity index (χ0) is 20.4. The molecule has 1 fully saturated rings. The Kier molecular flexibility index (Phi) is 5.71. The summed E-state index contributed by atoms with van der Waals surface area (Å²) in [6.07, 6.45) is 6.76. The number of hydrogen-bond donors (Lipinski definition) is 1. The first kappa shape index (κ1) is 19.7. The minimum absolute atomic E-state index is 0.0733. The van der Waals surface area contributed by atoms with E-state index in [-0.39, 0.29) is 11.8 Å². The molecule has 0 aromatic carbocycles. The van der Waals surface area contributed by atoms with E-state index < -0.39 is 0 Å². The van der Waals surface area contributed by atoms with Gasteiger partial charge in [-0.3, -0.25) is 13.9 Å². The Morgan fingerprint density at radius 2 is 2.24 bits per heavy atom. The maximum Gasteiger partial charge on any atom is 0.231 e. The van der Waals surface area contributed by atoms with Gasteiger partial charge in [-0.1, -0.05) is 18.5 Å². The number of nitrogens with zero attached hydrogens (tertiary/aromatic N) is 6. The molecule has 0 aliphatic carbocycles. The van der Waals surface area contributed by atoms with Gasteiger partial charge in [0.25, 0.3) is 0 Å². The summed E-state index contributed by atoms with van der Waals surface area (Å²) in [5, 5.41) is 16.7. The highest BCUT2D eigenvalue weighted by Crippen LogP contribution is 2.25.